The molecule has 2 rings (SSSR count). The first-order chi connectivity index (χ1) is 8.28. The van der Waals surface area contributed by atoms with Crippen LogP contribution in [0.4, 0.5) is 4.39 Å². The lowest BCUT2D eigenvalue weighted by Crippen LogP contribution is -1.98. The number of pyridine rings is 1. The van der Waals surface area contributed by atoms with Crippen LogP contribution in [-0.2, 0) is 12.3 Å². The summed E-state index contributed by atoms with van der Waals surface area (Å²) in [4.78, 5) is 5.08. The van der Waals surface area contributed by atoms with Gasteiger partial charge < -0.3 is 5.73 Å². The van der Waals surface area contributed by atoms with Gasteiger partial charge in [0.1, 0.15) is 5.82 Å². The number of halogens is 1. The van der Waals surface area contributed by atoms with E-state index in [1.807, 2.05) is 18.2 Å². The molecule has 1 aromatic carbocycles. The highest BCUT2D eigenvalue weighted by Crippen LogP contribution is 2.22. The Morgan fingerprint density at radius 2 is 1.82 bits per heavy atom. The number of nitrogens with two attached hydrogens (primary N) is 1. The molecule has 0 radical (unpaired) electrons. The van der Waals surface area contributed by atoms with Gasteiger partial charge in [-0.25, -0.2) is 4.39 Å². The van der Waals surface area contributed by atoms with Crippen molar-refractivity contribution in [2.45, 2.75) is 17.2 Å². The summed E-state index contributed by atoms with van der Waals surface area (Å²) in [6.07, 6.45) is 3.50. The molecule has 17 heavy (non-hydrogen) atoms. The van der Waals surface area contributed by atoms with E-state index < -0.39 is 0 Å². The van der Waals surface area contributed by atoms with Crippen LogP contribution in [0.25, 0.3) is 0 Å². The van der Waals surface area contributed by atoms with Crippen molar-refractivity contribution in [1.82, 2.24) is 4.98 Å². The molecule has 2 aromatic rings. The van der Waals surface area contributed by atoms with Crippen LogP contribution in [0.5, 0.6) is 0 Å². The number of hydrogen-bond donors (Lipinski definition) is 1. The zero-order valence-corrected chi connectivity index (χ0v) is 10.1. The summed E-state index contributed by atoms with van der Waals surface area (Å²) in [7, 11) is 0. The van der Waals surface area contributed by atoms with E-state index in [9.17, 15) is 4.39 Å². The standard InChI is InChI=1S/C13H13FN2S/c14-12-6-10(8-15)5-11(7-12)9-17-13-1-3-16-4-2-13/h1-7H,8-9,15H2. The van der Waals surface area contributed by atoms with Crippen molar-refractivity contribution in [3.63, 3.8) is 0 Å². The third-order valence-corrected chi connectivity index (χ3v) is 3.39. The van der Waals surface area contributed by atoms with E-state index in [1.54, 1.807) is 30.2 Å². The molecule has 1 heterocycles. The number of aromatic nitrogens is 1. The van der Waals surface area contributed by atoms with Crippen LogP contribution in [0.2, 0.25) is 0 Å². The van der Waals surface area contributed by atoms with Crippen molar-refractivity contribution in [3.8, 4) is 0 Å². The highest BCUT2D eigenvalue weighted by molar-refractivity contribution is 7.98. The summed E-state index contributed by atoms with van der Waals surface area (Å²) in [6.45, 7) is 0.366. The minimum Gasteiger partial charge on any atom is -0.326 e. The van der Waals surface area contributed by atoms with Gasteiger partial charge in [0.25, 0.3) is 0 Å². The Labute approximate surface area is 104 Å². The lowest BCUT2D eigenvalue weighted by Gasteiger charge is -2.04. The number of nitrogens with zero attached hydrogens (tertiary/aromatic N) is 1. The average Bonchev–Trinajstić information content (AvgIpc) is 2.37. The second-order valence-electron chi connectivity index (χ2n) is 3.64. The largest absolute Gasteiger partial charge is 0.326 e. The van der Waals surface area contributed by atoms with E-state index in [1.165, 1.54) is 6.07 Å². The molecular formula is C13H13FN2S. The van der Waals surface area contributed by atoms with Crippen LogP contribution in [-0.4, -0.2) is 4.98 Å². The third kappa shape index (κ3) is 3.54. The van der Waals surface area contributed by atoms with Crippen molar-refractivity contribution in [2.24, 2.45) is 5.73 Å². The lowest BCUT2D eigenvalue weighted by molar-refractivity contribution is 0.624. The molecule has 1 aromatic heterocycles. The van der Waals surface area contributed by atoms with Gasteiger partial charge in [-0.3, -0.25) is 4.98 Å². The highest BCUT2D eigenvalue weighted by atomic mass is 32.2. The van der Waals surface area contributed by atoms with E-state index in [0.29, 0.717) is 6.54 Å². The van der Waals surface area contributed by atoms with E-state index in [2.05, 4.69) is 4.98 Å². The van der Waals surface area contributed by atoms with Crippen LogP contribution in [0.3, 0.4) is 0 Å². The van der Waals surface area contributed by atoms with Gasteiger partial charge in [-0.2, -0.15) is 0 Å². The fourth-order valence-electron chi connectivity index (χ4n) is 1.52. The van der Waals surface area contributed by atoms with Gasteiger partial charge in [0.05, 0.1) is 0 Å². The van der Waals surface area contributed by atoms with Crippen LogP contribution >= 0.6 is 11.8 Å². The van der Waals surface area contributed by atoms with Gasteiger partial charge in [-0.1, -0.05) is 6.07 Å². The summed E-state index contributed by atoms with van der Waals surface area (Å²) < 4.78 is 13.3. The number of hydrogen-bond acceptors (Lipinski definition) is 3. The summed E-state index contributed by atoms with van der Waals surface area (Å²) >= 11 is 1.65. The smallest absolute Gasteiger partial charge is 0.123 e. The normalized spacial score (nSPS) is 10.5. The molecule has 0 atom stereocenters. The van der Waals surface area contributed by atoms with Gasteiger partial charge in [-0.15, -0.1) is 11.8 Å². The molecule has 0 unspecified atom stereocenters. The zero-order chi connectivity index (χ0) is 12.1. The third-order valence-electron chi connectivity index (χ3n) is 2.31. The Bertz CT molecular complexity index is 488. The van der Waals surface area contributed by atoms with Gasteiger partial charge in [0, 0.05) is 29.6 Å². The second-order valence-corrected chi connectivity index (χ2v) is 4.69. The topological polar surface area (TPSA) is 38.9 Å². The Morgan fingerprint density at radius 1 is 1.12 bits per heavy atom. The van der Waals surface area contributed by atoms with Crippen molar-refractivity contribution >= 4 is 11.8 Å². The average molecular weight is 248 g/mol. The molecule has 0 amide bonds. The molecule has 0 fully saturated rings. The van der Waals surface area contributed by atoms with Crippen molar-refractivity contribution in [2.75, 3.05) is 0 Å². The highest BCUT2D eigenvalue weighted by Gasteiger charge is 2.01. The first-order valence-corrected chi connectivity index (χ1v) is 6.28. The van der Waals surface area contributed by atoms with Crippen molar-refractivity contribution in [1.29, 1.82) is 0 Å². The summed E-state index contributed by atoms with van der Waals surface area (Å²) in [5.41, 5.74) is 7.29. The summed E-state index contributed by atoms with van der Waals surface area (Å²) in [5.74, 6) is 0.507. The van der Waals surface area contributed by atoms with Gasteiger partial charge in [-0.05, 0) is 35.4 Å². The molecule has 0 aliphatic heterocycles. The molecule has 2 N–H and O–H groups in total. The second kappa shape index (κ2) is 5.80. The predicted molar refractivity (Wildman–Crippen MR) is 68.1 cm³/mol. The Kier molecular flexibility index (Phi) is 4.12. The van der Waals surface area contributed by atoms with Crippen molar-refractivity contribution < 1.29 is 4.39 Å². The van der Waals surface area contributed by atoms with Gasteiger partial charge in [0.2, 0.25) is 0 Å². The van der Waals surface area contributed by atoms with Crippen molar-refractivity contribution in [3.05, 3.63) is 59.7 Å². The minimum atomic E-state index is -0.224. The van der Waals surface area contributed by atoms with E-state index in [-0.39, 0.29) is 5.82 Å². The molecule has 0 saturated carbocycles. The maximum Gasteiger partial charge on any atom is 0.123 e. The number of rotatable bonds is 4. The van der Waals surface area contributed by atoms with E-state index >= 15 is 0 Å². The van der Waals surface area contributed by atoms with Crippen LogP contribution in [0.15, 0.2) is 47.6 Å². The Balaban J connectivity index is 2.06. The fraction of sp³-hybridized carbons (Fsp3) is 0.154. The summed E-state index contributed by atoms with van der Waals surface area (Å²) in [5, 5.41) is 0. The molecule has 0 saturated heterocycles. The number of thioether (sulfide) groups is 1. The summed E-state index contributed by atoms with van der Waals surface area (Å²) in [6, 6.07) is 8.84. The van der Waals surface area contributed by atoms with Crippen LogP contribution in [0, 0.1) is 5.82 Å². The Morgan fingerprint density at radius 3 is 2.53 bits per heavy atom. The quantitative estimate of drug-likeness (QED) is 0.845. The first-order valence-electron chi connectivity index (χ1n) is 5.29. The minimum absolute atomic E-state index is 0.224. The first kappa shape index (κ1) is 12.1. The van der Waals surface area contributed by atoms with Gasteiger partial charge in [0.15, 0.2) is 0 Å². The molecule has 0 aliphatic carbocycles. The van der Waals surface area contributed by atoms with E-state index in [4.69, 9.17) is 5.73 Å². The molecule has 0 bridgehead atoms. The monoisotopic (exact) mass is 248 g/mol. The molecule has 0 aliphatic rings. The molecular weight excluding hydrogens is 235 g/mol. The SMILES string of the molecule is NCc1cc(F)cc(CSc2ccncc2)c1. The maximum absolute atomic E-state index is 13.3. The van der Waals surface area contributed by atoms with E-state index in [0.717, 1.165) is 21.8 Å². The molecule has 4 heteroatoms. The lowest BCUT2D eigenvalue weighted by atomic mass is 10.1. The zero-order valence-electron chi connectivity index (χ0n) is 9.27. The maximum atomic E-state index is 13.3. The molecule has 0 spiro atoms. The predicted octanol–water partition coefficient (Wildman–Crippen LogP) is 2.97. The van der Waals surface area contributed by atoms with Gasteiger partial charge >= 0.3 is 0 Å². The van der Waals surface area contributed by atoms with Crippen LogP contribution < -0.4 is 5.73 Å². The molecule has 2 nitrogen and oxygen atoms in total. The fourth-order valence-corrected chi connectivity index (χ4v) is 2.33. The molecule has 88 valence electrons. The van der Waals surface area contributed by atoms with Crippen LogP contribution in [0.1, 0.15) is 11.1 Å². The Hall–Kier alpha value is -1.39. The number of benzene rings is 1.